The van der Waals surface area contributed by atoms with E-state index in [4.69, 9.17) is 4.74 Å². The molecule has 2 aromatic rings. The SMILES string of the molecule is COc1cc(-c2cc(C=O)[nH]n2)c(F)cn1. The van der Waals surface area contributed by atoms with Crippen molar-refractivity contribution in [2.45, 2.75) is 0 Å². The minimum atomic E-state index is -0.523. The van der Waals surface area contributed by atoms with Gasteiger partial charge in [0.2, 0.25) is 5.88 Å². The lowest BCUT2D eigenvalue weighted by Crippen LogP contribution is -1.91. The van der Waals surface area contributed by atoms with Crippen LogP contribution in [0.5, 0.6) is 5.88 Å². The van der Waals surface area contributed by atoms with Gasteiger partial charge in [-0.15, -0.1) is 0 Å². The fraction of sp³-hybridized carbons (Fsp3) is 0.100. The van der Waals surface area contributed by atoms with Gasteiger partial charge in [0, 0.05) is 11.6 Å². The number of hydrogen-bond acceptors (Lipinski definition) is 4. The van der Waals surface area contributed by atoms with Crippen molar-refractivity contribution in [3.8, 4) is 17.1 Å². The maximum Gasteiger partial charge on any atom is 0.213 e. The molecule has 0 bridgehead atoms. The zero-order chi connectivity index (χ0) is 11.5. The third-order valence-corrected chi connectivity index (χ3v) is 2.04. The van der Waals surface area contributed by atoms with E-state index in [1.807, 2.05) is 0 Å². The van der Waals surface area contributed by atoms with Crippen LogP contribution in [0.25, 0.3) is 11.3 Å². The topological polar surface area (TPSA) is 67.9 Å². The zero-order valence-corrected chi connectivity index (χ0v) is 8.40. The summed E-state index contributed by atoms with van der Waals surface area (Å²) < 4.78 is 18.3. The molecule has 16 heavy (non-hydrogen) atoms. The lowest BCUT2D eigenvalue weighted by molar-refractivity contribution is 0.111. The highest BCUT2D eigenvalue weighted by atomic mass is 19.1. The van der Waals surface area contributed by atoms with E-state index in [1.165, 1.54) is 19.2 Å². The first-order chi connectivity index (χ1) is 7.74. The number of aldehydes is 1. The lowest BCUT2D eigenvalue weighted by atomic mass is 10.2. The highest BCUT2D eigenvalue weighted by Crippen LogP contribution is 2.23. The first-order valence-corrected chi connectivity index (χ1v) is 4.45. The van der Waals surface area contributed by atoms with E-state index in [0.29, 0.717) is 12.0 Å². The number of H-pyrrole nitrogens is 1. The van der Waals surface area contributed by atoms with Gasteiger partial charge in [-0.25, -0.2) is 9.37 Å². The van der Waals surface area contributed by atoms with E-state index in [9.17, 15) is 9.18 Å². The quantitative estimate of drug-likeness (QED) is 0.796. The van der Waals surface area contributed by atoms with Crippen LogP contribution in [0.4, 0.5) is 4.39 Å². The van der Waals surface area contributed by atoms with Crippen LogP contribution in [0.15, 0.2) is 18.3 Å². The van der Waals surface area contributed by atoms with Crippen molar-refractivity contribution in [3.05, 3.63) is 29.8 Å². The van der Waals surface area contributed by atoms with E-state index < -0.39 is 5.82 Å². The van der Waals surface area contributed by atoms with Crippen molar-refractivity contribution in [3.63, 3.8) is 0 Å². The van der Waals surface area contributed by atoms with E-state index in [-0.39, 0.29) is 17.1 Å². The van der Waals surface area contributed by atoms with Crippen LogP contribution in [-0.2, 0) is 0 Å². The Morgan fingerprint density at radius 2 is 2.31 bits per heavy atom. The number of methoxy groups -OCH3 is 1. The van der Waals surface area contributed by atoms with Gasteiger partial charge in [0.1, 0.15) is 0 Å². The summed E-state index contributed by atoms with van der Waals surface area (Å²) in [5.41, 5.74) is 0.849. The predicted octanol–water partition coefficient (Wildman–Crippen LogP) is 1.43. The van der Waals surface area contributed by atoms with Crippen molar-refractivity contribution < 1.29 is 13.9 Å². The number of aromatic amines is 1. The molecule has 6 heteroatoms. The number of pyridine rings is 1. The third-order valence-electron chi connectivity index (χ3n) is 2.04. The summed E-state index contributed by atoms with van der Waals surface area (Å²) in [4.78, 5) is 14.2. The molecule has 0 aromatic carbocycles. The van der Waals surface area contributed by atoms with Crippen molar-refractivity contribution >= 4 is 6.29 Å². The smallest absolute Gasteiger partial charge is 0.213 e. The highest BCUT2D eigenvalue weighted by molar-refractivity contribution is 5.75. The van der Waals surface area contributed by atoms with E-state index in [2.05, 4.69) is 15.2 Å². The molecular formula is C10H8FN3O2. The molecule has 0 aliphatic heterocycles. The summed E-state index contributed by atoms with van der Waals surface area (Å²) in [6.07, 6.45) is 1.65. The molecule has 82 valence electrons. The van der Waals surface area contributed by atoms with Crippen molar-refractivity contribution in [2.24, 2.45) is 0 Å². The number of carbonyl (C=O) groups excluding carboxylic acids is 1. The largest absolute Gasteiger partial charge is 0.481 e. The minimum Gasteiger partial charge on any atom is -0.481 e. The maximum absolute atomic E-state index is 13.4. The van der Waals surface area contributed by atoms with Crippen molar-refractivity contribution in [1.82, 2.24) is 15.2 Å². The molecule has 0 saturated carbocycles. The molecule has 0 aliphatic carbocycles. The Kier molecular flexibility index (Phi) is 2.63. The molecule has 1 N–H and O–H groups in total. The Bertz CT molecular complexity index is 525. The van der Waals surface area contributed by atoms with Crippen LogP contribution in [0.1, 0.15) is 10.5 Å². The van der Waals surface area contributed by atoms with Gasteiger partial charge in [-0.1, -0.05) is 0 Å². The monoisotopic (exact) mass is 221 g/mol. The molecule has 2 aromatic heterocycles. The number of hydrogen-bond donors (Lipinski definition) is 1. The number of rotatable bonds is 3. The predicted molar refractivity (Wildman–Crippen MR) is 53.7 cm³/mol. The molecule has 2 heterocycles. The van der Waals surface area contributed by atoms with Crippen LogP contribution in [-0.4, -0.2) is 28.6 Å². The average Bonchev–Trinajstić information content (AvgIpc) is 2.78. The van der Waals surface area contributed by atoms with Gasteiger partial charge in [0.05, 0.1) is 24.7 Å². The highest BCUT2D eigenvalue weighted by Gasteiger charge is 2.11. The number of halogens is 1. The van der Waals surface area contributed by atoms with Crippen LogP contribution < -0.4 is 4.74 Å². The van der Waals surface area contributed by atoms with Gasteiger partial charge >= 0.3 is 0 Å². The lowest BCUT2D eigenvalue weighted by Gasteiger charge is -2.01. The van der Waals surface area contributed by atoms with E-state index in [1.54, 1.807) is 0 Å². The molecule has 0 saturated heterocycles. The van der Waals surface area contributed by atoms with Gasteiger partial charge in [-0.2, -0.15) is 5.10 Å². The molecule has 0 unspecified atom stereocenters. The summed E-state index contributed by atoms with van der Waals surface area (Å²) in [7, 11) is 1.44. The van der Waals surface area contributed by atoms with Crippen molar-refractivity contribution in [2.75, 3.05) is 7.11 Å². The summed E-state index contributed by atoms with van der Waals surface area (Å²) in [6, 6.07) is 2.87. The van der Waals surface area contributed by atoms with Gasteiger partial charge in [0.25, 0.3) is 0 Å². The van der Waals surface area contributed by atoms with E-state index in [0.717, 1.165) is 6.20 Å². The summed E-state index contributed by atoms with van der Waals surface area (Å²) >= 11 is 0. The van der Waals surface area contributed by atoms with Gasteiger partial charge in [0.15, 0.2) is 12.1 Å². The Morgan fingerprint density at radius 1 is 1.50 bits per heavy atom. The first-order valence-electron chi connectivity index (χ1n) is 4.45. The molecule has 0 fully saturated rings. The summed E-state index contributed by atoms with van der Waals surface area (Å²) in [5, 5.41) is 6.29. The first kappa shape index (κ1) is 10.3. The summed E-state index contributed by atoms with van der Waals surface area (Å²) in [5.74, 6) is -0.239. The molecule has 2 rings (SSSR count). The molecule has 0 atom stereocenters. The standard InChI is InChI=1S/C10H8FN3O2/c1-16-10-3-7(8(11)4-12-10)9-2-6(5-15)13-14-9/h2-5H,1H3,(H,13,14). The minimum absolute atomic E-state index is 0.233. The number of aromatic nitrogens is 3. The molecule has 0 radical (unpaired) electrons. The van der Waals surface area contributed by atoms with E-state index >= 15 is 0 Å². The number of carbonyl (C=O) groups is 1. The van der Waals surface area contributed by atoms with Crippen LogP contribution >= 0.6 is 0 Å². The number of ether oxygens (including phenoxy) is 1. The number of nitrogens with zero attached hydrogens (tertiary/aromatic N) is 2. The fourth-order valence-corrected chi connectivity index (χ4v) is 1.26. The average molecular weight is 221 g/mol. The van der Waals surface area contributed by atoms with Crippen LogP contribution in [0.2, 0.25) is 0 Å². The number of nitrogens with one attached hydrogen (secondary N) is 1. The van der Waals surface area contributed by atoms with Crippen molar-refractivity contribution in [1.29, 1.82) is 0 Å². The van der Waals surface area contributed by atoms with Crippen LogP contribution in [0, 0.1) is 5.82 Å². The molecule has 0 aliphatic rings. The third kappa shape index (κ3) is 1.77. The molecular weight excluding hydrogens is 213 g/mol. The van der Waals surface area contributed by atoms with Gasteiger partial charge < -0.3 is 4.74 Å². The second kappa shape index (κ2) is 4.09. The van der Waals surface area contributed by atoms with Gasteiger partial charge in [-0.3, -0.25) is 9.89 Å². The molecule has 0 spiro atoms. The molecule has 0 amide bonds. The molecule has 5 nitrogen and oxygen atoms in total. The summed E-state index contributed by atoms with van der Waals surface area (Å²) in [6.45, 7) is 0. The maximum atomic E-state index is 13.4. The van der Waals surface area contributed by atoms with Gasteiger partial charge in [-0.05, 0) is 6.07 Å². The Morgan fingerprint density at radius 3 is 2.94 bits per heavy atom. The zero-order valence-electron chi connectivity index (χ0n) is 8.40. The normalized spacial score (nSPS) is 10.1. The Labute approximate surface area is 90.3 Å². The second-order valence-corrected chi connectivity index (χ2v) is 3.03. The van der Waals surface area contributed by atoms with Crippen LogP contribution in [0.3, 0.4) is 0 Å². The second-order valence-electron chi connectivity index (χ2n) is 3.03. The fourth-order valence-electron chi connectivity index (χ4n) is 1.26. The Hall–Kier alpha value is -2.24. The Balaban J connectivity index is 2.49.